The van der Waals surface area contributed by atoms with Gasteiger partial charge in [0.2, 0.25) is 0 Å². The number of oxazole rings is 1. The van der Waals surface area contributed by atoms with Gasteiger partial charge in [-0.2, -0.15) is 0 Å². The van der Waals surface area contributed by atoms with Crippen LogP contribution < -0.4 is 16.0 Å². The molecule has 2 aliphatic rings. The van der Waals surface area contributed by atoms with E-state index < -0.39 is 0 Å². The maximum absolute atomic E-state index is 11.5. The van der Waals surface area contributed by atoms with Crippen molar-refractivity contribution in [3.8, 4) is 0 Å². The maximum Gasteiger partial charge on any atom is 0.419 e. The Morgan fingerprint density at radius 3 is 2.57 bits per heavy atom. The van der Waals surface area contributed by atoms with Gasteiger partial charge in [0, 0.05) is 45.0 Å². The lowest BCUT2D eigenvalue weighted by atomic mass is 10.0. The Morgan fingerprint density at radius 1 is 1.24 bits per heavy atom. The Kier molecular flexibility index (Phi) is 4.26. The number of hydrogen-bond acceptors (Lipinski definition) is 4. The molecule has 2 saturated heterocycles. The highest BCUT2D eigenvalue weighted by molar-refractivity contribution is 14.1. The van der Waals surface area contributed by atoms with Gasteiger partial charge in [-0.05, 0) is 28.9 Å². The molecule has 2 atom stereocenters. The molecule has 2 fully saturated rings. The maximum atomic E-state index is 11.5. The molecule has 0 spiro atoms. The predicted molar refractivity (Wildman–Crippen MR) is 93.5 cm³/mol. The van der Waals surface area contributed by atoms with Crippen LogP contribution in [-0.4, -0.2) is 35.7 Å². The van der Waals surface area contributed by atoms with Crippen molar-refractivity contribution in [1.29, 1.82) is 0 Å². The quantitative estimate of drug-likeness (QED) is 0.586. The van der Waals surface area contributed by atoms with Crippen molar-refractivity contribution < 1.29 is 4.42 Å². The molecule has 0 aliphatic carbocycles. The van der Waals surface area contributed by atoms with Gasteiger partial charge < -0.3 is 14.6 Å². The average Bonchev–Trinajstić information content (AvgIpc) is 3.15. The van der Waals surface area contributed by atoms with Gasteiger partial charge in [0.05, 0.1) is 5.52 Å². The zero-order valence-electron chi connectivity index (χ0n) is 12.3. The molecule has 4 rings (SSSR count). The van der Waals surface area contributed by atoms with E-state index in [0.29, 0.717) is 5.58 Å². The van der Waals surface area contributed by atoms with Gasteiger partial charge in [-0.3, -0.25) is 4.57 Å². The Morgan fingerprint density at radius 2 is 1.90 bits per heavy atom. The van der Waals surface area contributed by atoms with E-state index in [1.165, 1.54) is 0 Å². The Hall–Kier alpha value is -1.02. The van der Waals surface area contributed by atoms with E-state index >= 15 is 0 Å². The monoisotopic (exact) mass is 401 g/mol. The summed E-state index contributed by atoms with van der Waals surface area (Å²) in [5, 5.41) is 3.45. The number of anilines is 1. The molecule has 3 heterocycles. The lowest BCUT2D eigenvalue weighted by Gasteiger charge is -2.19. The Balaban J connectivity index is 0.000000636. The molecule has 5 nitrogen and oxygen atoms in total. The molecule has 1 aromatic carbocycles. The number of aryl methyl sites for hydroxylation is 1. The first kappa shape index (κ1) is 14.9. The standard InChI is InChI=1S/C14H17N3O2.CH3I/c1-16-12-3-2-11(4-13(12)19-14(16)18)17-7-9-5-15-6-10(9)8-17;1-2/h2-4,9-10,15H,5-8H2,1H3;1H3/t9-,10+;. The number of rotatable bonds is 1. The van der Waals surface area contributed by atoms with E-state index in [2.05, 4.69) is 38.9 Å². The molecule has 0 unspecified atom stereocenters. The van der Waals surface area contributed by atoms with E-state index in [4.69, 9.17) is 4.42 Å². The third-order valence-corrected chi connectivity index (χ3v) is 4.53. The smallest absolute Gasteiger partial charge is 0.408 e. The third kappa shape index (κ3) is 2.59. The second kappa shape index (κ2) is 6.00. The second-order valence-corrected chi connectivity index (χ2v) is 5.66. The number of halogens is 1. The summed E-state index contributed by atoms with van der Waals surface area (Å²) in [5.74, 6) is 1.23. The van der Waals surface area contributed by atoms with E-state index in [0.717, 1.165) is 49.2 Å². The van der Waals surface area contributed by atoms with E-state index in [-0.39, 0.29) is 5.76 Å². The van der Waals surface area contributed by atoms with Crippen LogP contribution in [0.25, 0.3) is 11.1 Å². The van der Waals surface area contributed by atoms with Gasteiger partial charge in [0.1, 0.15) is 0 Å². The summed E-state index contributed by atoms with van der Waals surface area (Å²) in [6.07, 6.45) is 0. The van der Waals surface area contributed by atoms with Crippen LogP contribution in [0.2, 0.25) is 0 Å². The Labute approximate surface area is 137 Å². The van der Waals surface area contributed by atoms with E-state index in [1.54, 1.807) is 11.6 Å². The van der Waals surface area contributed by atoms with Crippen molar-refractivity contribution in [3.63, 3.8) is 0 Å². The minimum absolute atomic E-state index is 0.297. The summed E-state index contributed by atoms with van der Waals surface area (Å²) in [5.41, 5.74) is 2.70. The van der Waals surface area contributed by atoms with Crippen LogP contribution in [0.4, 0.5) is 5.69 Å². The lowest BCUT2D eigenvalue weighted by Crippen LogP contribution is -2.25. The molecule has 1 N–H and O–H groups in total. The molecular weight excluding hydrogens is 381 g/mol. The molecule has 0 radical (unpaired) electrons. The molecule has 0 bridgehead atoms. The highest BCUT2D eigenvalue weighted by atomic mass is 127. The van der Waals surface area contributed by atoms with Gasteiger partial charge >= 0.3 is 5.76 Å². The topological polar surface area (TPSA) is 50.4 Å². The summed E-state index contributed by atoms with van der Waals surface area (Å²) < 4.78 is 6.80. The van der Waals surface area contributed by atoms with Crippen LogP contribution in [0, 0.1) is 11.8 Å². The van der Waals surface area contributed by atoms with Gasteiger partial charge in [0.15, 0.2) is 5.58 Å². The Bertz CT molecular complexity index is 682. The molecule has 0 saturated carbocycles. The van der Waals surface area contributed by atoms with E-state index in [9.17, 15) is 4.79 Å². The normalized spacial score (nSPS) is 24.0. The van der Waals surface area contributed by atoms with Gasteiger partial charge in [-0.25, -0.2) is 4.79 Å². The number of hydrogen-bond donors (Lipinski definition) is 1. The average molecular weight is 401 g/mol. The molecular formula is C15H20IN3O2. The van der Waals surface area contributed by atoms with Gasteiger partial charge in [0.25, 0.3) is 0 Å². The highest BCUT2D eigenvalue weighted by Crippen LogP contribution is 2.31. The fraction of sp³-hybridized carbons (Fsp3) is 0.533. The molecule has 114 valence electrons. The van der Waals surface area contributed by atoms with Crippen LogP contribution >= 0.6 is 22.6 Å². The summed E-state index contributed by atoms with van der Waals surface area (Å²) >= 11 is 2.15. The molecule has 2 aromatic rings. The van der Waals surface area contributed by atoms with Crippen LogP contribution in [0.3, 0.4) is 0 Å². The van der Waals surface area contributed by atoms with Crippen LogP contribution in [0.15, 0.2) is 27.4 Å². The van der Waals surface area contributed by atoms with Crippen molar-refractivity contribution in [1.82, 2.24) is 9.88 Å². The van der Waals surface area contributed by atoms with Gasteiger partial charge in [-0.15, -0.1) is 0 Å². The molecule has 6 heteroatoms. The SMILES string of the molecule is CI.Cn1c(=O)oc2cc(N3C[C@H]4CNC[C@H]4C3)ccc21. The van der Waals surface area contributed by atoms with Crippen LogP contribution in [-0.2, 0) is 7.05 Å². The number of alkyl halides is 1. The summed E-state index contributed by atoms with van der Waals surface area (Å²) in [6, 6.07) is 6.05. The number of nitrogens with one attached hydrogen (secondary N) is 1. The fourth-order valence-corrected chi connectivity index (χ4v) is 3.39. The van der Waals surface area contributed by atoms with Crippen LogP contribution in [0.5, 0.6) is 0 Å². The number of aromatic nitrogens is 1. The molecule has 21 heavy (non-hydrogen) atoms. The lowest BCUT2D eigenvalue weighted by molar-refractivity contribution is 0.528. The third-order valence-electron chi connectivity index (χ3n) is 4.53. The van der Waals surface area contributed by atoms with Gasteiger partial charge in [-0.1, -0.05) is 22.6 Å². The first-order valence-electron chi connectivity index (χ1n) is 7.15. The van der Waals surface area contributed by atoms with Crippen molar-refractivity contribution in [3.05, 3.63) is 28.7 Å². The predicted octanol–water partition coefficient (Wildman–Crippen LogP) is 1.84. The molecule has 1 aromatic heterocycles. The van der Waals surface area contributed by atoms with Crippen molar-refractivity contribution in [2.75, 3.05) is 36.0 Å². The van der Waals surface area contributed by atoms with Crippen LogP contribution in [0.1, 0.15) is 0 Å². The summed E-state index contributed by atoms with van der Waals surface area (Å²) in [4.78, 5) is 15.9. The zero-order valence-corrected chi connectivity index (χ0v) is 14.5. The minimum atomic E-state index is -0.297. The highest BCUT2D eigenvalue weighted by Gasteiger charge is 2.36. The van der Waals surface area contributed by atoms with Crippen molar-refractivity contribution in [2.24, 2.45) is 18.9 Å². The number of fused-ring (bicyclic) bond motifs is 2. The fourth-order valence-electron chi connectivity index (χ4n) is 3.39. The van der Waals surface area contributed by atoms with Crippen molar-refractivity contribution >= 4 is 39.4 Å². The minimum Gasteiger partial charge on any atom is -0.408 e. The zero-order chi connectivity index (χ0) is 15.0. The second-order valence-electron chi connectivity index (χ2n) is 5.66. The summed E-state index contributed by atoms with van der Waals surface area (Å²) in [6.45, 7) is 4.45. The number of benzene rings is 1. The number of nitrogens with zero attached hydrogens (tertiary/aromatic N) is 2. The molecule has 2 aliphatic heterocycles. The van der Waals surface area contributed by atoms with Crippen molar-refractivity contribution in [2.45, 2.75) is 0 Å². The first-order valence-corrected chi connectivity index (χ1v) is 9.31. The molecule has 0 amide bonds. The first-order chi connectivity index (χ1) is 10.2. The van der Waals surface area contributed by atoms with E-state index in [1.807, 2.05) is 17.1 Å². The largest absolute Gasteiger partial charge is 0.419 e. The summed E-state index contributed by atoms with van der Waals surface area (Å²) in [7, 11) is 1.74.